The number of aldehydes is 1. The predicted octanol–water partition coefficient (Wildman–Crippen LogP) is 9.59. The number of H-pyrrole nitrogens is 3. The van der Waals surface area contributed by atoms with Gasteiger partial charge in [-0.05, 0) is 129 Å². The van der Waals surface area contributed by atoms with Gasteiger partial charge >= 0.3 is 30.1 Å². The number of nitrogens with zero attached hydrogens (tertiary/aromatic N) is 5. The number of aromatic nitrogens is 8. The number of amides is 2. The van der Waals surface area contributed by atoms with Gasteiger partial charge in [-0.2, -0.15) is 0 Å². The number of carbonyl (C=O) groups is 6. The Bertz CT molecular complexity index is 3710. The number of nitrogens with one attached hydrogen (secondary N) is 5. The van der Waals surface area contributed by atoms with Crippen LogP contribution in [0.1, 0.15) is 89.5 Å². The third-order valence-electron chi connectivity index (χ3n) is 10.3. The van der Waals surface area contributed by atoms with Crippen LogP contribution in [0.2, 0.25) is 0 Å². The fraction of sp³-hybridized carbons (Fsp3) is 0.250. The topological polar surface area (TPSA) is 371 Å². The van der Waals surface area contributed by atoms with Gasteiger partial charge < -0.3 is 50.1 Å². The van der Waals surface area contributed by atoms with Gasteiger partial charge in [0.2, 0.25) is 0 Å². The first-order valence-electron chi connectivity index (χ1n) is 26.2. The lowest BCUT2D eigenvalue weighted by molar-refractivity contribution is -0.153. The number of hydrogen-bond acceptors (Lipinski definition) is 20. The van der Waals surface area contributed by atoms with Gasteiger partial charge in [0.25, 0.3) is 11.1 Å². The molecule has 0 aliphatic heterocycles. The van der Waals surface area contributed by atoms with E-state index < -0.39 is 46.9 Å². The SMILES string of the molecule is CC(C)(C)OC(=O)Nc1cccnc1.CC(C)(C)OC(=O)Nc1cnccc1C=O.CCOC(=O)CC(=O)OCC.CCOC(=O)c1cc2ccncc2[nH]c1=O.Nc1ccccc1N.O=c1[nH]c2cnccc2cc1-c1nc2ccccc2[nH]1. The maximum atomic E-state index is 12.2. The van der Waals surface area contributed by atoms with Crippen molar-refractivity contribution < 1.29 is 52.5 Å². The van der Waals surface area contributed by atoms with E-state index in [2.05, 4.69) is 60.0 Å². The lowest BCUT2D eigenvalue weighted by Crippen LogP contribution is -2.27. The molecular weight excluding hydrogens is 1100 g/mol. The second-order valence-electron chi connectivity index (χ2n) is 19.3. The summed E-state index contributed by atoms with van der Waals surface area (Å²) >= 11 is 0. The highest BCUT2D eigenvalue weighted by Gasteiger charge is 2.18. The van der Waals surface area contributed by atoms with E-state index >= 15 is 0 Å². The summed E-state index contributed by atoms with van der Waals surface area (Å²) in [4.78, 5) is 118. The number of fused-ring (bicyclic) bond motifs is 3. The molecule has 9 N–H and O–H groups in total. The molecule has 0 unspecified atom stereocenters. The van der Waals surface area contributed by atoms with E-state index in [9.17, 15) is 38.4 Å². The Labute approximate surface area is 488 Å². The molecule has 85 heavy (non-hydrogen) atoms. The van der Waals surface area contributed by atoms with Crippen molar-refractivity contribution in [1.82, 2.24) is 39.9 Å². The van der Waals surface area contributed by atoms with Crippen LogP contribution in [0.15, 0.2) is 150 Å². The molecule has 7 heterocycles. The Balaban J connectivity index is 0.000000223. The summed E-state index contributed by atoms with van der Waals surface area (Å²) in [5.74, 6) is -1.11. The Hall–Kier alpha value is -10.9. The maximum absolute atomic E-state index is 12.2. The number of para-hydroxylation sites is 4. The van der Waals surface area contributed by atoms with Crippen molar-refractivity contribution in [3.05, 3.63) is 172 Å². The highest BCUT2D eigenvalue weighted by atomic mass is 16.6. The summed E-state index contributed by atoms with van der Waals surface area (Å²) in [5.41, 5.74) is 15.3. The minimum absolute atomic E-state index is 0.0144. The molecule has 446 valence electrons. The number of hydrogen-bond donors (Lipinski definition) is 7. The van der Waals surface area contributed by atoms with Gasteiger partial charge in [-0.3, -0.25) is 54.5 Å². The van der Waals surface area contributed by atoms with Gasteiger partial charge in [-0.25, -0.2) is 19.4 Å². The summed E-state index contributed by atoms with van der Waals surface area (Å²) in [5, 5.41) is 6.71. The number of nitrogens with two attached hydrogens (primary N) is 2. The molecule has 2 aromatic carbocycles. The number of ether oxygens (including phenoxy) is 5. The number of anilines is 4. The Morgan fingerprint density at radius 1 is 0.565 bits per heavy atom. The van der Waals surface area contributed by atoms with E-state index in [4.69, 9.17) is 25.7 Å². The zero-order valence-electron chi connectivity index (χ0n) is 48.4. The summed E-state index contributed by atoms with van der Waals surface area (Å²) in [6.07, 6.45) is 11.8. The molecule has 9 rings (SSSR count). The quantitative estimate of drug-likeness (QED) is 0.0220. The largest absolute Gasteiger partial charge is 0.466 e. The lowest BCUT2D eigenvalue weighted by Gasteiger charge is -2.19. The van der Waals surface area contributed by atoms with Crippen molar-refractivity contribution in [1.29, 1.82) is 0 Å². The van der Waals surface area contributed by atoms with E-state index in [0.717, 1.165) is 27.3 Å². The van der Waals surface area contributed by atoms with Crippen LogP contribution in [0.25, 0.3) is 44.2 Å². The Morgan fingerprint density at radius 2 is 1.08 bits per heavy atom. The van der Waals surface area contributed by atoms with Crippen molar-refractivity contribution in [2.75, 3.05) is 41.9 Å². The Morgan fingerprint density at radius 3 is 1.61 bits per heavy atom. The number of aromatic amines is 3. The van der Waals surface area contributed by atoms with E-state index in [1.807, 2.05) is 69.3 Å². The molecule has 2 amide bonds. The molecule has 0 bridgehead atoms. The van der Waals surface area contributed by atoms with Crippen molar-refractivity contribution in [2.24, 2.45) is 0 Å². The van der Waals surface area contributed by atoms with Crippen LogP contribution in [0.3, 0.4) is 0 Å². The van der Waals surface area contributed by atoms with E-state index in [0.29, 0.717) is 51.5 Å². The molecule has 0 saturated carbocycles. The predicted molar refractivity (Wildman–Crippen MR) is 322 cm³/mol. The minimum Gasteiger partial charge on any atom is -0.466 e. The second-order valence-corrected chi connectivity index (χ2v) is 19.3. The number of pyridine rings is 6. The maximum Gasteiger partial charge on any atom is 0.412 e. The minimum atomic E-state index is -0.609. The van der Waals surface area contributed by atoms with E-state index in [-0.39, 0.29) is 37.4 Å². The first-order chi connectivity index (χ1) is 40.4. The molecule has 0 aliphatic carbocycles. The molecule has 0 saturated heterocycles. The standard InChI is InChI=1S/C15H10N4O.C11H10N2O3.C11H14N2O3.C10H14N2O2.C7H12O4.C6H8N2/c20-15-10(7-9-5-6-16-8-13(9)19-15)14-17-11-3-1-2-4-12(11)18-14;1-2-16-11(15)8-5-7-3-4-12-6-9(7)13-10(8)14;1-11(2,3)16-10(15)13-9-6-12-5-4-8(9)7-14;1-10(2,3)14-9(13)12-8-5-4-6-11-7-8;1-3-10-6(8)5-7(9)11-4-2;7-5-3-1-2-4-6(5)8/h1-8H,(H,17,18)(H,19,20);3-6H,2H2,1H3,(H,13,14);4-7H,1-3H3,(H,13,15);4-7H,1-3H3,(H,12,13);3-5H2,1-2H3;1-4H,7-8H2. The van der Waals surface area contributed by atoms with Crippen molar-refractivity contribution in [3.63, 3.8) is 0 Å². The molecule has 7 aromatic heterocycles. The number of imidazole rings is 1. The third kappa shape index (κ3) is 23.6. The van der Waals surface area contributed by atoms with E-state index in [1.54, 1.807) is 103 Å². The first-order valence-corrected chi connectivity index (χ1v) is 26.2. The number of nitrogen functional groups attached to an aromatic ring is 2. The third-order valence-corrected chi connectivity index (χ3v) is 10.3. The number of carbonyl (C=O) groups excluding carboxylic acids is 6. The van der Waals surface area contributed by atoms with Crippen LogP contribution in [0.5, 0.6) is 0 Å². The van der Waals surface area contributed by atoms with Gasteiger partial charge in [0, 0.05) is 41.1 Å². The molecule has 0 atom stereocenters. The molecule has 0 radical (unpaired) electrons. The Kier molecular flexibility index (Phi) is 26.0. The summed E-state index contributed by atoms with van der Waals surface area (Å²) in [6.45, 7) is 16.6. The normalized spacial score (nSPS) is 10.4. The van der Waals surface area contributed by atoms with Crippen molar-refractivity contribution in [3.8, 4) is 11.4 Å². The smallest absolute Gasteiger partial charge is 0.412 e. The summed E-state index contributed by atoms with van der Waals surface area (Å²) in [7, 11) is 0. The van der Waals surface area contributed by atoms with Crippen molar-refractivity contribution in [2.45, 2.75) is 79.9 Å². The number of benzene rings is 2. The second kappa shape index (κ2) is 33.2. The number of esters is 3. The van der Waals surface area contributed by atoms with Gasteiger partial charge in [-0.15, -0.1) is 0 Å². The summed E-state index contributed by atoms with van der Waals surface area (Å²) < 4.78 is 23.9. The molecule has 9 aromatic rings. The first kappa shape index (κ1) is 66.7. The highest BCUT2D eigenvalue weighted by Crippen LogP contribution is 2.21. The molecule has 25 heteroatoms. The molecule has 0 spiro atoms. The van der Waals surface area contributed by atoms with E-state index in [1.165, 1.54) is 30.7 Å². The van der Waals surface area contributed by atoms with Crippen molar-refractivity contribution >= 4 is 92.0 Å². The van der Waals surface area contributed by atoms with Crippen LogP contribution in [-0.4, -0.2) is 107 Å². The highest BCUT2D eigenvalue weighted by molar-refractivity contribution is 5.94. The molecule has 25 nitrogen and oxygen atoms in total. The van der Waals surface area contributed by atoms with Gasteiger partial charge in [-0.1, -0.05) is 24.3 Å². The molecule has 0 fully saturated rings. The monoisotopic (exact) mass is 1160 g/mol. The fourth-order valence-electron chi connectivity index (χ4n) is 6.65. The molecule has 0 aliphatic rings. The van der Waals surface area contributed by atoms with Gasteiger partial charge in [0.1, 0.15) is 29.0 Å². The number of rotatable bonds is 10. The van der Waals surface area contributed by atoms with Crippen LogP contribution in [0, 0.1) is 0 Å². The fourth-order valence-corrected chi connectivity index (χ4v) is 6.65. The van der Waals surface area contributed by atoms with Gasteiger partial charge in [0.05, 0.1) is 95.0 Å². The summed E-state index contributed by atoms with van der Waals surface area (Å²) in [6, 6.07) is 26.9. The average molecular weight is 1170 g/mol. The molecular formula is C60H68N12O13. The zero-order chi connectivity index (χ0) is 62.5. The lowest BCUT2D eigenvalue weighted by atomic mass is 10.2. The zero-order valence-corrected chi connectivity index (χ0v) is 48.4. The van der Waals surface area contributed by atoms with Crippen LogP contribution < -0.4 is 33.2 Å². The van der Waals surface area contributed by atoms with Crippen LogP contribution in [0.4, 0.5) is 32.3 Å². The van der Waals surface area contributed by atoms with Gasteiger partial charge in [0.15, 0.2) is 6.29 Å². The van der Waals surface area contributed by atoms with Crippen LogP contribution >= 0.6 is 0 Å². The average Bonchev–Trinajstić information content (AvgIpc) is 2.96. The van der Waals surface area contributed by atoms with Crippen LogP contribution in [-0.2, 0) is 33.3 Å².